The second kappa shape index (κ2) is 6.39. The maximum Gasteiger partial charge on any atom is 0.141 e. The maximum absolute atomic E-state index is 12.1. The minimum Gasteiger partial charge on any atom is -0.496 e. The molecule has 0 aromatic heterocycles. The van der Waals surface area contributed by atoms with Gasteiger partial charge < -0.3 is 4.74 Å². The molecule has 0 aliphatic heterocycles. The number of hydrogen-bond donors (Lipinski definition) is 0. The van der Waals surface area contributed by atoms with E-state index in [1.54, 1.807) is 13.2 Å². The number of carbonyl (C=O) groups is 1. The van der Waals surface area contributed by atoms with Gasteiger partial charge in [0.15, 0.2) is 0 Å². The zero-order chi connectivity index (χ0) is 13.7. The van der Waals surface area contributed by atoms with Crippen molar-refractivity contribution in [3.63, 3.8) is 0 Å². The number of hydrogen-bond acceptors (Lipinski definition) is 2. The zero-order valence-corrected chi connectivity index (χ0v) is 11.5. The molecule has 0 aliphatic rings. The second-order valence-corrected chi connectivity index (χ2v) is 4.70. The third-order valence-corrected chi connectivity index (χ3v) is 3.29. The summed E-state index contributed by atoms with van der Waals surface area (Å²) in [6, 6.07) is 15.0. The largest absolute Gasteiger partial charge is 0.496 e. The molecule has 0 amide bonds. The van der Waals surface area contributed by atoms with Crippen molar-refractivity contribution in [2.45, 2.75) is 12.8 Å². The Hall–Kier alpha value is -1.80. The Morgan fingerprint density at radius 3 is 2.26 bits per heavy atom. The summed E-state index contributed by atoms with van der Waals surface area (Å²) in [4.78, 5) is 12.1. The van der Waals surface area contributed by atoms with Gasteiger partial charge in [0.25, 0.3) is 0 Å². The normalized spacial score (nSPS) is 10.2. The van der Waals surface area contributed by atoms with E-state index in [0.29, 0.717) is 17.9 Å². The van der Waals surface area contributed by atoms with Gasteiger partial charge in [-0.3, -0.25) is 4.79 Å². The standard InChI is InChI=1S/C16H15ClO2/c1-19-16-9-5-3-7-13(16)11-14(18)10-12-6-2-4-8-15(12)17/h2-9H,10-11H2,1H3. The van der Waals surface area contributed by atoms with Crippen molar-refractivity contribution in [1.82, 2.24) is 0 Å². The number of ether oxygens (including phenoxy) is 1. The average molecular weight is 275 g/mol. The molecule has 0 heterocycles. The highest BCUT2D eigenvalue weighted by Crippen LogP contribution is 2.20. The first-order valence-electron chi connectivity index (χ1n) is 6.07. The van der Waals surface area contributed by atoms with Crippen molar-refractivity contribution < 1.29 is 9.53 Å². The van der Waals surface area contributed by atoms with Gasteiger partial charge in [-0.2, -0.15) is 0 Å². The molecule has 2 rings (SSSR count). The van der Waals surface area contributed by atoms with Crippen LogP contribution in [0.25, 0.3) is 0 Å². The van der Waals surface area contributed by atoms with Gasteiger partial charge in [0, 0.05) is 23.4 Å². The molecule has 0 fully saturated rings. The molecule has 0 saturated carbocycles. The fourth-order valence-electron chi connectivity index (χ4n) is 1.98. The van der Waals surface area contributed by atoms with Crippen LogP contribution in [-0.2, 0) is 17.6 Å². The van der Waals surface area contributed by atoms with Crippen molar-refractivity contribution in [2.75, 3.05) is 7.11 Å². The van der Waals surface area contributed by atoms with E-state index >= 15 is 0 Å². The van der Waals surface area contributed by atoms with Gasteiger partial charge in [-0.05, 0) is 17.7 Å². The van der Waals surface area contributed by atoms with Crippen LogP contribution >= 0.6 is 11.6 Å². The van der Waals surface area contributed by atoms with E-state index in [-0.39, 0.29) is 5.78 Å². The van der Waals surface area contributed by atoms with Crippen LogP contribution in [0.4, 0.5) is 0 Å². The van der Waals surface area contributed by atoms with Crippen molar-refractivity contribution in [1.29, 1.82) is 0 Å². The van der Waals surface area contributed by atoms with Crippen LogP contribution in [-0.4, -0.2) is 12.9 Å². The van der Waals surface area contributed by atoms with Crippen LogP contribution in [0.1, 0.15) is 11.1 Å². The van der Waals surface area contributed by atoms with Crippen LogP contribution in [0.3, 0.4) is 0 Å². The SMILES string of the molecule is COc1ccccc1CC(=O)Cc1ccccc1Cl. The van der Waals surface area contributed by atoms with E-state index in [0.717, 1.165) is 16.9 Å². The van der Waals surface area contributed by atoms with Crippen LogP contribution in [0.2, 0.25) is 5.02 Å². The van der Waals surface area contributed by atoms with Gasteiger partial charge in [-0.25, -0.2) is 0 Å². The Morgan fingerprint density at radius 1 is 1.00 bits per heavy atom. The van der Waals surface area contributed by atoms with Gasteiger partial charge in [-0.15, -0.1) is 0 Å². The number of halogens is 1. The van der Waals surface area contributed by atoms with Gasteiger partial charge in [0.1, 0.15) is 11.5 Å². The Kier molecular flexibility index (Phi) is 4.58. The molecule has 0 saturated heterocycles. The third-order valence-electron chi connectivity index (χ3n) is 2.93. The third kappa shape index (κ3) is 3.58. The van der Waals surface area contributed by atoms with Crippen molar-refractivity contribution in [3.8, 4) is 5.75 Å². The summed E-state index contributed by atoms with van der Waals surface area (Å²) in [5, 5.41) is 0.635. The minimum atomic E-state index is 0.123. The number of ketones is 1. The predicted molar refractivity (Wildman–Crippen MR) is 76.9 cm³/mol. The zero-order valence-electron chi connectivity index (χ0n) is 10.7. The highest BCUT2D eigenvalue weighted by atomic mass is 35.5. The van der Waals surface area contributed by atoms with E-state index in [2.05, 4.69) is 0 Å². The van der Waals surface area contributed by atoms with Gasteiger partial charge in [-0.1, -0.05) is 48.0 Å². The molecular weight excluding hydrogens is 260 g/mol. The van der Waals surface area contributed by atoms with Crippen molar-refractivity contribution >= 4 is 17.4 Å². The molecule has 98 valence electrons. The topological polar surface area (TPSA) is 26.3 Å². The molecule has 19 heavy (non-hydrogen) atoms. The highest BCUT2D eigenvalue weighted by molar-refractivity contribution is 6.31. The molecule has 0 N–H and O–H groups in total. The first kappa shape index (κ1) is 13.6. The van der Waals surface area contributed by atoms with Crippen LogP contribution in [0.5, 0.6) is 5.75 Å². The fraction of sp³-hybridized carbons (Fsp3) is 0.188. The fourth-order valence-corrected chi connectivity index (χ4v) is 2.18. The van der Waals surface area contributed by atoms with Crippen LogP contribution < -0.4 is 4.74 Å². The molecule has 2 aromatic carbocycles. The Morgan fingerprint density at radius 2 is 1.58 bits per heavy atom. The van der Waals surface area contributed by atoms with E-state index in [4.69, 9.17) is 16.3 Å². The number of rotatable bonds is 5. The lowest BCUT2D eigenvalue weighted by Crippen LogP contribution is -2.08. The molecule has 0 unspecified atom stereocenters. The monoisotopic (exact) mass is 274 g/mol. The summed E-state index contributed by atoms with van der Waals surface area (Å²) in [6.45, 7) is 0. The van der Waals surface area contributed by atoms with Crippen molar-refractivity contribution in [2.24, 2.45) is 0 Å². The molecule has 0 bridgehead atoms. The minimum absolute atomic E-state index is 0.123. The number of Topliss-reactive ketones (excluding diaryl/α,β-unsaturated/α-hetero) is 1. The highest BCUT2D eigenvalue weighted by Gasteiger charge is 2.10. The molecule has 2 aromatic rings. The average Bonchev–Trinajstić information content (AvgIpc) is 2.42. The van der Waals surface area contributed by atoms with E-state index in [1.807, 2.05) is 42.5 Å². The lowest BCUT2D eigenvalue weighted by atomic mass is 10.0. The van der Waals surface area contributed by atoms with Crippen LogP contribution in [0, 0.1) is 0 Å². The summed E-state index contributed by atoms with van der Waals surface area (Å²) in [7, 11) is 1.61. The molecule has 0 spiro atoms. The van der Waals surface area contributed by atoms with Gasteiger partial charge in [0.2, 0.25) is 0 Å². The summed E-state index contributed by atoms with van der Waals surface area (Å²) >= 11 is 6.05. The lowest BCUT2D eigenvalue weighted by molar-refractivity contribution is -0.117. The Balaban J connectivity index is 2.08. The predicted octanol–water partition coefficient (Wildman–Crippen LogP) is 3.70. The summed E-state index contributed by atoms with van der Waals surface area (Å²) < 4.78 is 5.24. The summed E-state index contributed by atoms with van der Waals surface area (Å²) in [6.07, 6.45) is 0.701. The quantitative estimate of drug-likeness (QED) is 0.831. The van der Waals surface area contributed by atoms with Gasteiger partial charge >= 0.3 is 0 Å². The Bertz CT molecular complexity index is 578. The molecule has 0 aliphatic carbocycles. The second-order valence-electron chi connectivity index (χ2n) is 4.30. The van der Waals surface area contributed by atoms with E-state index < -0.39 is 0 Å². The van der Waals surface area contributed by atoms with Crippen LogP contribution in [0.15, 0.2) is 48.5 Å². The molecule has 0 radical (unpaired) electrons. The Labute approximate surface area is 118 Å². The van der Waals surface area contributed by atoms with Gasteiger partial charge in [0.05, 0.1) is 7.11 Å². The maximum atomic E-state index is 12.1. The first-order valence-corrected chi connectivity index (χ1v) is 6.45. The smallest absolute Gasteiger partial charge is 0.141 e. The first-order chi connectivity index (χ1) is 9.20. The molecule has 3 heteroatoms. The summed E-state index contributed by atoms with van der Waals surface area (Å²) in [5.41, 5.74) is 1.77. The number of benzene rings is 2. The molecular formula is C16H15ClO2. The number of para-hydroxylation sites is 1. The molecule has 2 nitrogen and oxygen atoms in total. The number of carbonyl (C=O) groups excluding carboxylic acids is 1. The summed E-state index contributed by atoms with van der Waals surface area (Å²) in [5.74, 6) is 0.868. The lowest BCUT2D eigenvalue weighted by Gasteiger charge is -2.08. The number of methoxy groups -OCH3 is 1. The molecule has 0 atom stereocenters. The van der Waals surface area contributed by atoms with E-state index in [1.165, 1.54) is 0 Å². The van der Waals surface area contributed by atoms with Crippen molar-refractivity contribution in [3.05, 3.63) is 64.7 Å². The van der Waals surface area contributed by atoms with E-state index in [9.17, 15) is 4.79 Å².